The summed E-state index contributed by atoms with van der Waals surface area (Å²) in [5.74, 6) is -1.07. The summed E-state index contributed by atoms with van der Waals surface area (Å²) in [5.41, 5.74) is -0.564. The molecule has 1 atom stereocenters. The van der Waals surface area contributed by atoms with Crippen LogP contribution >= 0.6 is 7.14 Å². The van der Waals surface area contributed by atoms with E-state index in [9.17, 15) is 14.2 Å². The van der Waals surface area contributed by atoms with Gasteiger partial charge in [-0.3, -0.25) is 4.79 Å². The Labute approximate surface area is 147 Å². The summed E-state index contributed by atoms with van der Waals surface area (Å²) in [4.78, 5) is 25.5. The molecule has 6 heteroatoms. The van der Waals surface area contributed by atoms with Crippen LogP contribution in [0.25, 0.3) is 0 Å². The number of carbonyl (C=O) groups excluding carboxylic acids is 2. The predicted octanol–water partition coefficient (Wildman–Crippen LogP) is 3.11. The topological polar surface area (TPSA) is 72.5 Å². The monoisotopic (exact) mass is 359 g/mol. The maximum Gasteiger partial charge on any atom is 0.336 e. The lowest BCUT2D eigenvalue weighted by Gasteiger charge is -2.34. The lowest BCUT2D eigenvalue weighted by molar-refractivity contribution is -0.147. The van der Waals surface area contributed by atoms with Crippen molar-refractivity contribution in [2.24, 2.45) is 0 Å². The van der Waals surface area contributed by atoms with E-state index in [1.54, 1.807) is 67.9 Å². The van der Waals surface area contributed by atoms with Gasteiger partial charge in [0.15, 0.2) is 5.54 Å². The highest BCUT2D eigenvalue weighted by molar-refractivity contribution is 7.62. The summed E-state index contributed by atoms with van der Waals surface area (Å²) < 4.78 is 17.6. The number of amides is 1. The van der Waals surface area contributed by atoms with E-state index < -0.39 is 24.6 Å². The van der Waals surface area contributed by atoms with Crippen LogP contribution in [0.4, 0.5) is 0 Å². The summed E-state index contributed by atoms with van der Waals surface area (Å²) in [6.45, 7) is 3.17. The van der Waals surface area contributed by atoms with Crippen molar-refractivity contribution in [1.82, 2.24) is 5.32 Å². The van der Waals surface area contributed by atoms with Crippen molar-refractivity contribution in [3.05, 3.63) is 71.8 Å². The van der Waals surface area contributed by atoms with Gasteiger partial charge < -0.3 is 14.6 Å². The molecule has 5 nitrogen and oxygen atoms in total. The lowest BCUT2D eigenvalue weighted by Crippen LogP contribution is -2.55. The molecular weight excluding hydrogens is 337 g/mol. The molecule has 0 aliphatic carbocycles. The van der Waals surface area contributed by atoms with Gasteiger partial charge in [-0.1, -0.05) is 48.5 Å². The van der Waals surface area contributed by atoms with E-state index in [1.807, 2.05) is 6.07 Å². The molecule has 0 aliphatic rings. The minimum Gasteiger partial charge on any atom is -0.467 e. The second-order valence-corrected chi connectivity index (χ2v) is 9.78. The van der Waals surface area contributed by atoms with Crippen molar-refractivity contribution in [1.29, 1.82) is 0 Å². The van der Waals surface area contributed by atoms with E-state index in [1.165, 1.54) is 7.11 Å². The van der Waals surface area contributed by atoms with Crippen molar-refractivity contribution in [2.45, 2.75) is 5.54 Å². The van der Waals surface area contributed by atoms with Gasteiger partial charge in [0.1, 0.15) is 0 Å². The summed E-state index contributed by atoms with van der Waals surface area (Å²) in [7, 11) is -1.43. The highest BCUT2D eigenvalue weighted by Crippen LogP contribution is 2.43. The summed E-state index contributed by atoms with van der Waals surface area (Å²) in [6.07, 6.45) is -0.0325. The van der Waals surface area contributed by atoms with E-state index in [-0.39, 0.29) is 6.16 Å². The van der Waals surface area contributed by atoms with Gasteiger partial charge in [0.25, 0.3) is 5.91 Å². The maximum atomic E-state index is 12.7. The first kappa shape index (κ1) is 18.9. The Balaban J connectivity index is 2.55. The molecule has 1 N–H and O–H groups in total. The molecule has 0 saturated carbocycles. The van der Waals surface area contributed by atoms with Gasteiger partial charge in [0, 0.05) is 11.7 Å². The Morgan fingerprint density at radius 3 is 2.00 bits per heavy atom. The average molecular weight is 359 g/mol. The fourth-order valence-electron chi connectivity index (χ4n) is 2.76. The van der Waals surface area contributed by atoms with Gasteiger partial charge in [-0.2, -0.15) is 0 Å². The maximum absolute atomic E-state index is 12.7. The second-order valence-electron chi connectivity index (χ2n) is 6.32. The highest BCUT2D eigenvalue weighted by atomic mass is 31.2. The van der Waals surface area contributed by atoms with Gasteiger partial charge in [-0.05, 0) is 31.0 Å². The van der Waals surface area contributed by atoms with Crippen LogP contribution in [0.3, 0.4) is 0 Å². The summed E-state index contributed by atoms with van der Waals surface area (Å²) in [6, 6.07) is 17.4. The van der Waals surface area contributed by atoms with Crippen LogP contribution < -0.4 is 5.32 Å². The number of rotatable bonds is 6. The number of esters is 1. The summed E-state index contributed by atoms with van der Waals surface area (Å²) in [5, 5.41) is 2.78. The highest BCUT2D eigenvalue weighted by Gasteiger charge is 2.46. The minimum absolute atomic E-state index is 0.0325. The third-order valence-electron chi connectivity index (χ3n) is 3.78. The van der Waals surface area contributed by atoms with Crippen LogP contribution in [-0.2, 0) is 19.6 Å². The number of hydrogen-bond acceptors (Lipinski definition) is 4. The van der Waals surface area contributed by atoms with E-state index >= 15 is 0 Å². The number of methoxy groups -OCH3 is 1. The van der Waals surface area contributed by atoms with Crippen LogP contribution in [0.5, 0.6) is 0 Å². The Morgan fingerprint density at radius 1 is 1.00 bits per heavy atom. The van der Waals surface area contributed by atoms with Crippen LogP contribution in [-0.4, -0.2) is 38.5 Å². The number of hydrogen-bond donors (Lipinski definition) is 1. The molecule has 2 aromatic carbocycles. The molecule has 0 saturated heterocycles. The van der Waals surface area contributed by atoms with E-state index in [4.69, 9.17) is 4.74 Å². The third kappa shape index (κ3) is 4.58. The first-order chi connectivity index (χ1) is 11.8. The fourth-order valence-corrected chi connectivity index (χ4v) is 4.29. The number of benzene rings is 2. The largest absolute Gasteiger partial charge is 0.467 e. The molecule has 0 aliphatic heterocycles. The van der Waals surface area contributed by atoms with E-state index in [0.29, 0.717) is 11.1 Å². The summed E-state index contributed by atoms with van der Waals surface area (Å²) >= 11 is 0. The lowest BCUT2D eigenvalue weighted by atomic mass is 9.91. The minimum atomic E-state index is -2.68. The van der Waals surface area contributed by atoms with Crippen molar-refractivity contribution < 1.29 is 18.9 Å². The van der Waals surface area contributed by atoms with Crippen LogP contribution in [0.1, 0.15) is 15.9 Å². The molecule has 0 fully saturated rings. The van der Waals surface area contributed by atoms with Crippen molar-refractivity contribution >= 4 is 19.0 Å². The third-order valence-corrected chi connectivity index (χ3v) is 5.02. The standard InChI is InChI=1S/C19H22NO4P/c1-24-18(22)19(14-25(2,3)23,16-12-8-5-9-13-16)20-17(21)15-10-6-4-7-11-15/h4-13H,14H2,1-3H3,(H,20,21). The Bertz CT molecular complexity index is 786. The molecule has 0 bridgehead atoms. The van der Waals surface area contributed by atoms with E-state index in [2.05, 4.69) is 5.32 Å². The number of ether oxygens (including phenoxy) is 1. The molecule has 132 valence electrons. The van der Waals surface area contributed by atoms with Gasteiger partial charge in [-0.15, -0.1) is 0 Å². The fraction of sp³-hybridized carbons (Fsp3) is 0.263. The smallest absolute Gasteiger partial charge is 0.336 e. The molecule has 0 aromatic heterocycles. The van der Waals surface area contributed by atoms with Gasteiger partial charge in [0.2, 0.25) is 0 Å². The quantitative estimate of drug-likeness (QED) is 0.635. The van der Waals surface area contributed by atoms with Crippen molar-refractivity contribution in [3.8, 4) is 0 Å². The molecule has 1 unspecified atom stereocenters. The SMILES string of the molecule is COC(=O)C(CP(C)(C)=O)(NC(=O)c1ccccc1)c1ccccc1. The zero-order valence-corrected chi connectivity index (χ0v) is 15.5. The van der Waals surface area contributed by atoms with Gasteiger partial charge in [0.05, 0.1) is 14.3 Å². The number of carbonyl (C=O) groups is 2. The molecule has 2 aromatic rings. The first-order valence-electron chi connectivity index (χ1n) is 7.84. The van der Waals surface area contributed by atoms with Crippen molar-refractivity contribution in [3.63, 3.8) is 0 Å². The molecular formula is C19H22NO4P. The number of nitrogens with one attached hydrogen (secondary N) is 1. The Hall–Kier alpha value is -2.39. The molecule has 2 rings (SSSR count). The van der Waals surface area contributed by atoms with Crippen molar-refractivity contribution in [2.75, 3.05) is 26.6 Å². The van der Waals surface area contributed by atoms with Crippen LogP contribution in [0.15, 0.2) is 60.7 Å². The van der Waals surface area contributed by atoms with Crippen LogP contribution in [0, 0.1) is 0 Å². The molecule has 0 radical (unpaired) electrons. The second kappa shape index (κ2) is 7.66. The zero-order chi connectivity index (χ0) is 18.5. The predicted molar refractivity (Wildman–Crippen MR) is 98.4 cm³/mol. The molecule has 0 heterocycles. The Morgan fingerprint density at radius 2 is 1.52 bits per heavy atom. The zero-order valence-electron chi connectivity index (χ0n) is 14.6. The average Bonchev–Trinajstić information content (AvgIpc) is 2.60. The molecule has 0 spiro atoms. The van der Waals surface area contributed by atoms with Gasteiger partial charge >= 0.3 is 5.97 Å². The molecule has 25 heavy (non-hydrogen) atoms. The normalized spacial score (nSPS) is 13.6. The first-order valence-corrected chi connectivity index (χ1v) is 10.6. The Kier molecular flexibility index (Phi) is 5.81. The van der Waals surface area contributed by atoms with E-state index in [0.717, 1.165) is 0 Å². The van der Waals surface area contributed by atoms with Crippen LogP contribution in [0.2, 0.25) is 0 Å². The molecule has 1 amide bonds. The van der Waals surface area contributed by atoms with Gasteiger partial charge in [-0.25, -0.2) is 4.79 Å².